The van der Waals surface area contributed by atoms with Gasteiger partial charge in [-0.2, -0.15) is 0 Å². The molecule has 0 bridgehead atoms. The summed E-state index contributed by atoms with van der Waals surface area (Å²) in [7, 11) is 0. The number of rotatable bonds is 3. The molecule has 0 amide bonds. The molecule has 0 aliphatic heterocycles. The average molecular weight is 262 g/mol. The third-order valence-electron chi connectivity index (χ3n) is 2.44. The third kappa shape index (κ3) is 2.38. The molecule has 4 nitrogen and oxygen atoms in total. The van der Waals surface area contributed by atoms with Gasteiger partial charge in [0.25, 0.3) is 5.69 Å². The first kappa shape index (κ1) is 12.3. The zero-order valence-electron chi connectivity index (χ0n) is 9.17. The second kappa shape index (κ2) is 4.98. The number of benzene rings is 2. The topological polar surface area (TPSA) is 60.2 Å². The average Bonchev–Trinajstić information content (AvgIpc) is 2.39. The van der Waals surface area contributed by atoms with Gasteiger partial charge in [-0.15, -0.1) is 0 Å². The van der Waals surface area contributed by atoms with Gasteiger partial charge in [0.15, 0.2) is 5.78 Å². The quantitative estimate of drug-likeness (QED) is 0.483. The van der Waals surface area contributed by atoms with E-state index >= 15 is 0 Å². The van der Waals surface area contributed by atoms with E-state index in [4.69, 9.17) is 11.6 Å². The van der Waals surface area contributed by atoms with Crippen LogP contribution in [0, 0.1) is 10.1 Å². The molecule has 18 heavy (non-hydrogen) atoms. The Hall–Kier alpha value is -2.20. The smallest absolute Gasteiger partial charge is 0.270 e. The monoisotopic (exact) mass is 261 g/mol. The molecule has 90 valence electrons. The van der Waals surface area contributed by atoms with Crippen molar-refractivity contribution >= 4 is 23.1 Å². The Labute approximate surface area is 108 Å². The van der Waals surface area contributed by atoms with Crippen molar-refractivity contribution in [1.82, 2.24) is 0 Å². The highest BCUT2D eigenvalue weighted by Gasteiger charge is 2.16. The second-order valence-corrected chi connectivity index (χ2v) is 4.02. The first-order valence-electron chi connectivity index (χ1n) is 5.13. The van der Waals surface area contributed by atoms with Crippen LogP contribution in [0.1, 0.15) is 15.9 Å². The molecule has 0 unspecified atom stereocenters. The van der Waals surface area contributed by atoms with Gasteiger partial charge in [-0.1, -0.05) is 41.9 Å². The number of non-ortho nitro benzene ring substituents is 1. The highest BCUT2D eigenvalue weighted by Crippen LogP contribution is 2.24. The lowest BCUT2D eigenvalue weighted by molar-refractivity contribution is -0.384. The maximum Gasteiger partial charge on any atom is 0.270 e. The molecular formula is C13H8ClNO3. The van der Waals surface area contributed by atoms with Gasteiger partial charge >= 0.3 is 0 Å². The minimum atomic E-state index is -0.557. The zero-order chi connectivity index (χ0) is 13.1. The molecule has 0 radical (unpaired) electrons. The highest BCUT2D eigenvalue weighted by atomic mass is 35.5. The number of hydrogen-bond acceptors (Lipinski definition) is 3. The Morgan fingerprint density at radius 2 is 1.78 bits per heavy atom. The van der Waals surface area contributed by atoms with E-state index in [0.29, 0.717) is 5.56 Å². The Morgan fingerprint density at radius 3 is 2.39 bits per heavy atom. The molecule has 0 spiro atoms. The fourth-order valence-corrected chi connectivity index (χ4v) is 1.75. The van der Waals surface area contributed by atoms with Gasteiger partial charge in [-0.25, -0.2) is 0 Å². The lowest BCUT2D eigenvalue weighted by atomic mass is 10.0. The standard InChI is InChI=1S/C13H8ClNO3/c14-12-7-6-10(15(17)18)8-11(12)13(16)9-4-2-1-3-5-9/h1-8H. The van der Waals surface area contributed by atoms with Crippen LogP contribution < -0.4 is 0 Å². The number of halogens is 1. The second-order valence-electron chi connectivity index (χ2n) is 3.62. The minimum Gasteiger partial charge on any atom is -0.289 e. The maximum atomic E-state index is 12.1. The van der Waals surface area contributed by atoms with Crippen molar-refractivity contribution in [2.45, 2.75) is 0 Å². The summed E-state index contributed by atoms with van der Waals surface area (Å²) in [5.74, 6) is -0.329. The molecule has 0 fully saturated rings. The molecule has 2 aromatic rings. The van der Waals surface area contributed by atoms with Crippen molar-refractivity contribution in [2.24, 2.45) is 0 Å². The van der Waals surface area contributed by atoms with Crippen LogP contribution in [-0.4, -0.2) is 10.7 Å². The largest absolute Gasteiger partial charge is 0.289 e. The van der Waals surface area contributed by atoms with E-state index in [2.05, 4.69) is 0 Å². The molecule has 0 N–H and O–H groups in total. The van der Waals surface area contributed by atoms with Gasteiger partial charge in [-0.05, 0) is 6.07 Å². The van der Waals surface area contributed by atoms with E-state index < -0.39 is 4.92 Å². The predicted octanol–water partition coefficient (Wildman–Crippen LogP) is 3.48. The van der Waals surface area contributed by atoms with E-state index in [1.807, 2.05) is 0 Å². The van der Waals surface area contributed by atoms with Crippen LogP contribution in [0.2, 0.25) is 5.02 Å². The molecule has 0 aliphatic carbocycles. The van der Waals surface area contributed by atoms with Crippen molar-refractivity contribution in [2.75, 3.05) is 0 Å². The van der Waals surface area contributed by atoms with Crippen molar-refractivity contribution < 1.29 is 9.72 Å². The Morgan fingerprint density at radius 1 is 1.11 bits per heavy atom. The van der Waals surface area contributed by atoms with Crippen LogP contribution in [0.5, 0.6) is 0 Å². The summed E-state index contributed by atoms with van der Waals surface area (Å²) >= 11 is 5.90. The van der Waals surface area contributed by atoms with Crippen LogP contribution in [0.4, 0.5) is 5.69 Å². The summed E-state index contributed by atoms with van der Waals surface area (Å²) in [6.45, 7) is 0. The number of carbonyl (C=O) groups is 1. The molecule has 5 heteroatoms. The molecule has 0 heterocycles. The maximum absolute atomic E-state index is 12.1. The summed E-state index contributed by atoms with van der Waals surface area (Å²) in [6, 6.07) is 12.3. The van der Waals surface area contributed by atoms with E-state index in [1.165, 1.54) is 18.2 Å². The Kier molecular flexibility index (Phi) is 3.39. The van der Waals surface area contributed by atoms with Gasteiger partial charge in [0.05, 0.1) is 9.95 Å². The third-order valence-corrected chi connectivity index (χ3v) is 2.77. The molecule has 0 aliphatic rings. The Balaban J connectivity index is 2.48. The highest BCUT2D eigenvalue weighted by molar-refractivity contribution is 6.35. The summed E-state index contributed by atoms with van der Waals surface area (Å²) in [4.78, 5) is 22.3. The van der Waals surface area contributed by atoms with E-state index in [9.17, 15) is 14.9 Å². The zero-order valence-corrected chi connectivity index (χ0v) is 9.92. The van der Waals surface area contributed by atoms with Crippen LogP contribution in [-0.2, 0) is 0 Å². The summed E-state index contributed by atoms with van der Waals surface area (Å²) < 4.78 is 0. The van der Waals surface area contributed by atoms with Crippen LogP contribution >= 0.6 is 11.6 Å². The van der Waals surface area contributed by atoms with Gasteiger partial charge in [0.2, 0.25) is 0 Å². The molecular weight excluding hydrogens is 254 g/mol. The predicted molar refractivity (Wildman–Crippen MR) is 68.0 cm³/mol. The van der Waals surface area contributed by atoms with Crippen molar-refractivity contribution in [1.29, 1.82) is 0 Å². The summed E-state index contributed by atoms with van der Waals surface area (Å²) in [5.41, 5.74) is 0.427. The summed E-state index contributed by atoms with van der Waals surface area (Å²) in [6.07, 6.45) is 0. The van der Waals surface area contributed by atoms with Gasteiger partial charge < -0.3 is 0 Å². The fraction of sp³-hybridized carbons (Fsp3) is 0. The minimum absolute atomic E-state index is 0.136. The molecule has 0 saturated heterocycles. The lowest BCUT2D eigenvalue weighted by Gasteiger charge is -2.03. The number of ketones is 1. The van der Waals surface area contributed by atoms with E-state index in [1.54, 1.807) is 30.3 Å². The lowest BCUT2D eigenvalue weighted by Crippen LogP contribution is -2.03. The van der Waals surface area contributed by atoms with Gasteiger partial charge in [0.1, 0.15) is 0 Å². The number of carbonyl (C=O) groups excluding carboxylic acids is 1. The fourth-order valence-electron chi connectivity index (χ4n) is 1.55. The van der Waals surface area contributed by atoms with Crippen molar-refractivity contribution in [3.8, 4) is 0 Å². The van der Waals surface area contributed by atoms with Crippen molar-refractivity contribution in [3.63, 3.8) is 0 Å². The van der Waals surface area contributed by atoms with Crippen LogP contribution in [0.25, 0.3) is 0 Å². The number of hydrogen-bond donors (Lipinski definition) is 0. The van der Waals surface area contributed by atoms with Crippen LogP contribution in [0.15, 0.2) is 48.5 Å². The van der Waals surface area contributed by atoms with E-state index in [-0.39, 0.29) is 22.1 Å². The SMILES string of the molecule is O=C(c1ccccc1)c1cc([N+](=O)[O-])ccc1Cl. The molecule has 2 rings (SSSR count). The van der Waals surface area contributed by atoms with Crippen molar-refractivity contribution in [3.05, 3.63) is 74.8 Å². The molecule has 0 aromatic heterocycles. The van der Waals surface area contributed by atoms with Gasteiger partial charge in [0, 0.05) is 23.3 Å². The van der Waals surface area contributed by atoms with Gasteiger partial charge in [-0.3, -0.25) is 14.9 Å². The first-order chi connectivity index (χ1) is 8.59. The van der Waals surface area contributed by atoms with E-state index in [0.717, 1.165) is 0 Å². The Bertz CT molecular complexity index is 611. The van der Waals surface area contributed by atoms with Crippen LogP contribution in [0.3, 0.4) is 0 Å². The molecule has 2 aromatic carbocycles. The number of nitro groups is 1. The molecule has 0 atom stereocenters. The number of nitro benzene ring substituents is 1. The summed E-state index contributed by atoms with van der Waals surface area (Å²) in [5, 5.41) is 10.9. The normalized spacial score (nSPS) is 10.1. The molecule has 0 saturated carbocycles. The first-order valence-corrected chi connectivity index (χ1v) is 5.51. The number of nitrogens with zero attached hydrogens (tertiary/aromatic N) is 1.